The number of nitrogens with zero attached hydrogens (tertiary/aromatic N) is 2. The van der Waals surface area contributed by atoms with Crippen molar-refractivity contribution in [1.29, 1.82) is 0 Å². The highest BCUT2D eigenvalue weighted by Crippen LogP contribution is 2.16. The van der Waals surface area contributed by atoms with Crippen LogP contribution in [0.1, 0.15) is 17.3 Å². The zero-order valence-electron chi connectivity index (χ0n) is 11.2. The van der Waals surface area contributed by atoms with Crippen molar-refractivity contribution in [3.63, 3.8) is 0 Å². The van der Waals surface area contributed by atoms with Gasteiger partial charge in [0.2, 0.25) is 0 Å². The lowest BCUT2D eigenvalue weighted by atomic mass is 10.1. The lowest BCUT2D eigenvalue weighted by Crippen LogP contribution is -2.48. The maximum absolute atomic E-state index is 12.5. The van der Waals surface area contributed by atoms with Crippen molar-refractivity contribution in [3.8, 4) is 0 Å². The number of rotatable bonds is 2. The summed E-state index contributed by atoms with van der Waals surface area (Å²) < 4.78 is 0. The number of hydrogen-bond donors (Lipinski definition) is 1. The summed E-state index contributed by atoms with van der Waals surface area (Å²) in [5.74, 6) is 0.146. The summed E-state index contributed by atoms with van der Waals surface area (Å²) in [6.07, 6.45) is 1.90. The molecule has 2 aromatic rings. The van der Waals surface area contributed by atoms with Crippen LogP contribution >= 0.6 is 0 Å². The fourth-order valence-corrected chi connectivity index (χ4v) is 2.63. The molecule has 0 aliphatic carbocycles. The summed E-state index contributed by atoms with van der Waals surface area (Å²) in [5, 5.41) is 1.15. The van der Waals surface area contributed by atoms with Crippen molar-refractivity contribution in [2.45, 2.75) is 6.92 Å². The van der Waals surface area contributed by atoms with E-state index in [0.717, 1.165) is 49.2 Å². The molecule has 1 aliphatic heterocycles. The standard InChI is InChI=1S/C15H19N3O/c1-2-17-7-9-18(10-8-17)15(19)13-4-3-12-5-6-16-14(12)11-13/h3-6,11,16H,2,7-10H2,1H3. The molecule has 100 valence electrons. The van der Waals surface area contributed by atoms with Gasteiger partial charge in [-0.15, -0.1) is 0 Å². The van der Waals surface area contributed by atoms with E-state index in [-0.39, 0.29) is 5.91 Å². The largest absolute Gasteiger partial charge is 0.361 e. The van der Waals surface area contributed by atoms with E-state index in [9.17, 15) is 4.79 Å². The van der Waals surface area contributed by atoms with Gasteiger partial charge in [-0.1, -0.05) is 13.0 Å². The summed E-state index contributed by atoms with van der Waals surface area (Å²) >= 11 is 0. The average Bonchev–Trinajstić information content (AvgIpc) is 2.94. The molecule has 4 nitrogen and oxygen atoms in total. The molecule has 0 atom stereocenters. The van der Waals surface area contributed by atoms with Crippen LogP contribution in [-0.4, -0.2) is 53.4 Å². The summed E-state index contributed by atoms with van der Waals surface area (Å²) in [6.45, 7) is 6.85. The second kappa shape index (κ2) is 5.05. The number of carbonyl (C=O) groups is 1. The van der Waals surface area contributed by atoms with Gasteiger partial charge in [-0.2, -0.15) is 0 Å². The van der Waals surface area contributed by atoms with Crippen LogP contribution in [0, 0.1) is 0 Å². The number of amides is 1. The lowest BCUT2D eigenvalue weighted by molar-refractivity contribution is 0.0643. The molecule has 1 amide bonds. The normalized spacial score (nSPS) is 17.0. The Morgan fingerprint density at radius 3 is 2.74 bits per heavy atom. The Bertz CT molecular complexity index is 582. The van der Waals surface area contributed by atoms with E-state index in [1.165, 1.54) is 0 Å². The molecule has 0 spiro atoms. The third-order valence-corrected chi connectivity index (χ3v) is 3.91. The maximum Gasteiger partial charge on any atom is 0.254 e. The van der Waals surface area contributed by atoms with Gasteiger partial charge in [-0.05, 0) is 30.1 Å². The molecule has 1 aliphatic rings. The SMILES string of the molecule is CCN1CCN(C(=O)c2ccc3cc[nH]c3c2)CC1. The first kappa shape index (κ1) is 12.2. The molecule has 0 bridgehead atoms. The highest BCUT2D eigenvalue weighted by Gasteiger charge is 2.21. The van der Waals surface area contributed by atoms with Crippen molar-refractivity contribution in [2.24, 2.45) is 0 Å². The number of benzene rings is 1. The van der Waals surface area contributed by atoms with Gasteiger partial charge in [-0.25, -0.2) is 0 Å². The molecule has 3 rings (SSSR count). The Kier molecular flexibility index (Phi) is 3.25. The number of fused-ring (bicyclic) bond motifs is 1. The Morgan fingerprint density at radius 1 is 1.21 bits per heavy atom. The van der Waals surface area contributed by atoms with E-state index in [2.05, 4.69) is 16.8 Å². The number of piperazine rings is 1. The van der Waals surface area contributed by atoms with Crippen molar-refractivity contribution < 1.29 is 4.79 Å². The van der Waals surface area contributed by atoms with Crippen LogP contribution in [0.4, 0.5) is 0 Å². The molecule has 1 fully saturated rings. The van der Waals surface area contributed by atoms with Crippen molar-refractivity contribution in [2.75, 3.05) is 32.7 Å². The topological polar surface area (TPSA) is 39.3 Å². The van der Waals surface area contributed by atoms with Crippen LogP contribution in [0.2, 0.25) is 0 Å². The summed E-state index contributed by atoms with van der Waals surface area (Å²) in [5.41, 5.74) is 1.80. The van der Waals surface area contributed by atoms with Crippen LogP contribution < -0.4 is 0 Å². The van der Waals surface area contributed by atoms with Crippen molar-refractivity contribution in [3.05, 3.63) is 36.0 Å². The number of aromatic amines is 1. The molecular formula is C15H19N3O. The van der Waals surface area contributed by atoms with Gasteiger partial charge >= 0.3 is 0 Å². The fourth-order valence-electron chi connectivity index (χ4n) is 2.63. The first-order valence-electron chi connectivity index (χ1n) is 6.86. The van der Waals surface area contributed by atoms with Gasteiger partial charge in [-0.3, -0.25) is 4.79 Å². The lowest BCUT2D eigenvalue weighted by Gasteiger charge is -2.34. The first-order valence-corrected chi connectivity index (χ1v) is 6.86. The molecule has 0 unspecified atom stereocenters. The quantitative estimate of drug-likeness (QED) is 0.893. The smallest absolute Gasteiger partial charge is 0.254 e. The molecule has 1 saturated heterocycles. The van der Waals surface area contributed by atoms with Gasteiger partial charge in [0.25, 0.3) is 5.91 Å². The third-order valence-electron chi connectivity index (χ3n) is 3.91. The summed E-state index contributed by atoms with van der Waals surface area (Å²) in [4.78, 5) is 19.9. The highest BCUT2D eigenvalue weighted by atomic mass is 16.2. The minimum Gasteiger partial charge on any atom is -0.361 e. The number of H-pyrrole nitrogens is 1. The van der Waals surface area contributed by atoms with Crippen LogP contribution in [0.5, 0.6) is 0 Å². The van der Waals surface area contributed by atoms with Crippen LogP contribution in [0.15, 0.2) is 30.5 Å². The van der Waals surface area contributed by atoms with Crippen LogP contribution in [0.3, 0.4) is 0 Å². The minimum absolute atomic E-state index is 0.146. The fraction of sp³-hybridized carbons (Fsp3) is 0.400. The van der Waals surface area contributed by atoms with Crippen LogP contribution in [0.25, 0.3) is 10.9 Å². The van der Waals surface area contributed by atoms with E-state index in [4.69, 9.17) is 0 Å². The third kappa shape index (κ3) is 2.36. The minimum atomic E-state index is 0.146. The molecule has 2 heterocycles. The summed E-state index contributed by atoms with van der Waals surface area (Å²) in [6, 6.07) is 7.89. The predicted molar refractivity (Wildman–Crippen MR) is 76.3 cm³/mol. The van der Waals surface area contributed by atoms with E-state index in [0.29, 0.717) is 0 Å². The number of hydrogen-bond acceptors (Lipinski definition) is 2. The Morgan fingerprint density at radius 2 is 2.00 bits per heavy atom. The molecule has 0 saturated carbocycles. The Hall–Kier alpha value is -1.81. The van der Waals surface area contributed by atoms with Crippen molar-refractivity contribution in [1.82, 2.24) is 14.8 Å². The van der Waals surface area contributed by atoms with Gasteiger partial charge < -0.3 is 14.8 Å². The monoisotopic (exact) mass is 257 g/mol. The predicted octanol–water partition coefficient (Wildman–Crippen LogP) is 1.95. The summed E-state index contributed by atoms with van der Waals surface area (Å²) in [7, 11) is 0. The van der Waals surface area contributed by atoms with E-state index < -0.39 is 0 Å². The van der Waals surface area contributed by atoms with Gasteiger partial charge in [0.05, 0.1) is 0 Å². The number of nitrogens with one attached hydrogen (secondary N) is 1. The van der Waals surface area contributed by atoms with E-state index >= 15 is 0 Å². The molecular weight excluding hydrogens is 238 g/mol. The first-order chi connectivity index (χ1) is 9.28. The van der Waals surface area contributed by atoms with Gasteiger partial charge in [0.1, 0.15) is 0 Å². The molecule has 4 heteroatoms. The zero-order valence-corrected chi connectivity index (χ0v) is 11.2. The van der Waals surface area contributed by atoms with E-state index in [1.54, 1.807) is 0 Å². The van der Waals surface area contributed by atoms with Gasteiger partial charge in [0, 0.05) is 43.5 Å². The number of carbonyl (C=O) groups excluding carboxylic acids is 1. The number of likely N-dealkylation sites (N-methyl/N-ethyl adjacent to an activating group) is 1. The highest BCUT2D eigenvalue weighted by molar-refractivity contribution is 5.98. The molecule has 1 aromatic heterocycles. The zero-order chi connectivity index (χ0) is 13.2. The number of aromatic nitrogens is 1. The molecule has 19 heavy (non-hydrogen) atoms. The van der Waals surface area contributed by atoms with E-state index in [1.807, 2.05) is 35.4 Å². The Labute approximate surface area is 113 Å². The van der Waals surface area contributed by atoms with Crippen molar-refractivity contribution >= 4 is 16.8 Å². The molecule has 0 radical (unpaired) electrons. The second-order valence-corrected chi connectivity index (χ2v) is 5.01. The molecule has 1 N–H and O–H groups in total. The van der Waals surface area contributed by atoms with Crippen LogP contribution in [-0.2, 0) is 0 Å². The average molecular weight is 257 g/mol. The Balaban J connectivity index is 1.76. The van der Waals surface area contributed by atoms with Gasteiger partial charge in [0.15, 0.2) is 0 Å². The second-order valence-electron chi connectivity index (χ2n) is 5.01. The maximum atomic E-state index is 12.5. The molecule has 1 aromatic carbocycles.